The summed E-state index contributed by atoms with van der Waals surface area (Å²) in [4.78, 5) is -0.110. The van der Waals surface area contributed by atoms with Crippen molar-refractivity contribution < 1.29 is 13.2 Å². The smallest absolute Gasteiger partial charge is 0.240 e. The SMILES string of the molecule is COc1ccc(Nc2ccc(S(N)(=O)=O)c(N)c2)cc1Cl. The van der Waals surface area contributed by atoms with Crippen molar-refractivity contribution in [2.24, 2.45) is 5.14 Å². The van der Waals surface area contributed by atoms with Crippen LogP contribution in [0.2, 0.25) is 5.02 Å². The van der Waals surface area contributed by atoms with Crippen molar-refractivity contribution in [3.8, 4) is 5.75 Å². The molecule has 0 unspecified atom stereocenters. The average Bonchev–Trinajstić information content (AvgIpc) is 2.37. The average molecular weight is 328 g/mol. The number of methoxy groups -OCH3 is 1. The Kier molecular flexibility index (Phi) is 4.26. The minimum absolute atomic E-state index is 0.0714. The van der Waals surface area contributed by atoms with Crippen LogP contribution in [0.25, 0.3) is 0 Å². The van der Waals surface area contributed by atoms with Crippen molar-refractivity contribution in [3.63, 3.8) is 0 Å². The summed E-state index contributed by atoms with van der Waals surface area (Å²) in [6, 6.07) is 9.57. The molecule has 0 spiro atoms. The molecule has 0 aliphatic rings. The van der Waals surface area contributed by atoms with Crippen molar-refractivity contribution in [1.82, 2.24) is 0 Å². The van der Waals surface area contributed by atoms with Gasteiger partial charge in [-0.2, -0.15) is 0 Å². The molecule has 0 heterocycles. The summed E-state index contributed by atoms with van der Waals surface area (Å²) in [7, 11) is -2.30. The lowest BCUT2D eigenvalue weighted by Crippen LogP contribution is -2.14. The first-order valence-electron chi connectivity index (χ1n) is 5.84. The zero-order valence-corrected chi connectivity index (χ0v) is 12.7. The van der Waals surface area contributed by atoms with Gasteiger partial charge in [0.2, 0.25) is 10.0 Å². The number of anilines is 3. The number of rotatable bonds is 4. The van der Waals surface area contributed by atoms with Gasteiger partial charge in [0.05, 0.1) is 17.8 Å². The fourth-order valence-electron chi connectivity index (χ4n) is 1.80. The topological polar surface area (TPSA) is 107 Å². The number of sulfonamides is 1. The second-order valence-corrected chi connectivity index (χ2v) is 6.21. The highest BCUT2D eigenvalue weighted by Gasteiger charge is 2.12. The molecule has 0 aliphatic heterocycles. The number of hydrogen-bond acceptors (Lipinski definition) is 5. The summed E-state index contributed by atoms with van der Waals surface area (Å²) < 4.78 is 27.6. The normalized spacial score (nSPS) is 11.2. The number of nitrogens with one attached hydrogen (secondary N) is 1. The van der Waals surface area contributed by atoms with E-state index in [-0.39, 0.29) is 10.6 Å². The van der Waals surface area contributed by atoms with Crippen LogP contribution in [0.1, 0.15) is 0 Å². The quantitative estimate of drug-likeness (QED) is 0.747. The molecule has 0 saturated heterocycles. The van der Waals surface area contributed by atoms with Crippen LogP contribution in [0.3, 0.4) is 0 Å². The van der Waals surface area contributed by atoms with Crippen LogP contribution in [0.5, 0.6) is 5.75 Å². The van der Waals surface area contributed by atoms with Gasteiger partial charge in [-0.05, 0) is 36.4 Å². The van der Waals surface area contributed by atoms with Crippen LogP contribution in [-0.2, 0) is 10.0 Å². The first kappa shape index (κ1) is 15.4. The van der Waals surface area contributed by atoms with Crippen molar-refractivity contribution in [3.05, 3.63) is 41.4 Å². The molecular weight excluding hydrogens is 314 g/mol. The van der Waals surface area contributed by atoms with Crippen LogP contribution < -0.4 is 20.9 Å². The molecule has 2 aromatic rings. The van der Waals surface area contributed by atoms with E-state index in [0.29, 0.717) is 22.1 Å². The number of nitrogen functional groups attached to an aromatic ring is 1. The van der Waals surface area contributed by atoms with E-state index in [2.05, 4.69) is 5.32 Å². The molecule has 0 fully saturated rings. The standard InChI is InChI=1S/C13H14ClN3O3S/c1-20-12-4-2-8(6-10(12)14)17-9-3-5-13(11(15)7-9)21(16,18)19/h2-7,17H,15H2,1H3,(H2,16,18,19). The predicted molar refractivity (Wildman–Crippen MR) is 83.5 cm³/mol. The molecule has 5 N–H and O–H groups in total. The second kappa shape index (κ2) is 5.80. The number of halogens is 1. The third-order valence-electron chi connectivity index (χ3n) is 2.76. The highest BCUT2D eigenvalue weighted by molar-refractivity contribution is 7.89. The van der Waals surface area contributed by atoms with Gasteiger partial charge in [0.1, 0.15) is 10.6 Å². The zero-order chi connectivity index (χ0) is 15.6. The van der Waals surface area contributed by atoms with E-state index in [4.69, 9.17) is 27.2 Å². The van der Waals surface area contributed by atoms with Gasteiger partial charge in [0, 0.05) is 11.4 Å². The van der Waals surface area contributed by atoms with Crippen LogP contribution in [0.4, 0.5) is 17.1 Å². The summed E-state index contributed by atoms with van der Waals surface area (Å²) in [5, 5.41) is 8.57. The van der Waals surface area contributed by atoms with Gasteiger partial charge in [-0.25, -0.2) is 13.6 Å². The van der Waals surface area contributed by atoms with Gasteiger partial charge in [-0.3, -0.25) is 0 Å². The van der Waals surface area contributed by atoms with E-state index >= 15 is 0 Å². The maximum absolute atomic E-state index is 11.3. The fourth-order valence-corrected chi connectivity index (χ4v) is 2.70. The van der Waals surface area contributed by atoms with Crippen LogP contribution in [0.15, 0.2) is 41.3 Å². The second-order valence-electron chi connectivity index (χ2n) is 4.27. The van der Waals surface area contributed by atoms with E-state index in [0.717, 1.165) is 0 Å². The van der Waals surface area contributed by atoms with E-state index < -0.39 is 10.0 Å². The molecule has 112 valence electrons. The van der Waals surface area contributed by atoms with Crippen molar-refractivity contribution >= 4 is 38.7 Å². The van der Waals surface area contributed by atoms with Gasteiger partial charge >= 0.3 is 0 Å². The Hall–Kier alpha value is -1.96. The Morgan fingerprint density at radius 1 is 1.14 bits per heavy atom. The highest BCUT2D eigenvalue weighted by Crippen LogP contribution is 2.30. The lowest BCUT2D eigenvalue weighted by Gasteiger charge is -2.11. The Morgan fingerprint density at radius 2 is 1.76 bits per heavy atom. The van der Waals surface area contributed by atoms with E-state index in [1.54, 1.807) is 24.3 Å². The summed E-state index contributed by atoms with van der Waals surface area (Å²) in [5.74, 6) is 0.561. The van der Waals surface area contributed by atoms with Crippen LogP contribution in [0, 0.1) is 0 Å². The molecule has 21 heavy (non-hydrogen) atoms. The van der Waals surface area contributed by atoms with Gasteiger partial charge in [0.15, 0.2) is 0 Å². The van der Waals surface area contributed by atoms with Crippen molar-refractivity contribution in [2.75, 3.05) is 18.2 Å². The Labute approximate surface area is 127 Å². The maximum atomic E-state index is 11.3. The van der Waals surface area contributed by atoms with E-state index in [1.165, 1.54) is 19.2 Å². The summed E-state index contributed by atoms with van der Waals surface area (Å²) >= 11 is 6.03. The monoisotopic (exact) mass is 327 g/mol. The number of nitrogens with two attached hydrogens (primary N) is 2. The molecule has 0 bridgehead atoms. The van der Waals surface area contributed by atoms with Gasteiger partial charge < -0.3 is 15.8 Å². The Morgan fingerprint density at radius 3 is 2.29 bits per heavy atom. The number of primary sulfonamides is 1. The molecule has 0 aliphatic carbocycles. The molecule has 2 rings (SSSR count). The van der Waals surface area contributed by atoms with E-state index in [1.807, 2.05) is 0 Å². The minimum Gasteiger partial charge on any atom is -0.495 e. The zero-order valence-electron chi connectivity index (χ0n) is 11.1. The highest BCUT2D eigenvalue weighted by atomic mass is 35.5. The molecule has 2 aromatic carbocycles. The number of hydrogen-bond donors (Lipinski definition) is 3. The van der Waals surface area contributed by atoms with Crippen LogP contribution in [-0.4, -0.2) is 15.5 Å². The van der Waals surface area contributed by atoms with Gasteiger partial charge in [-0.1, -0.05) is 11.6 Å². The molecule has 0 aromatic heterocycles. The van der Waals surface area contributed by atoms with E-state index in [9.17, 15) is 8.42 Å². The fraction of sp³-hybridized carbons (Fsp3) is 0.0769. The molecule has 0 radical (unpaired) electrons. The molecule has 6 nitrogen and oxygen atoms in total. The predicted octanol–water partition coefficient (Wildman–Crippen LogP) is 2.32. The lowest BCUT2D eigenvalue weighted by molar-refractivity contribution is 0.415. The lowest BCUT2D eigenvalue weighted by atomic mass is 10.2. The maximum Gasteiger partial charge on any atom is 0.240 e. The first-order chi connectivity index (χ1) is 9.81. The number of ether oxygens (including phenoxy) is 1. The summed E-state index contributed by atoms with van der Waals surface area (Å²) in [6.45, 7) is 0. The minimum atomic E-state index is -3.83. The summed E-state index contributed by atoms with van der Waals surface area (Å²) in [5.41, 5.74) is 7.09. The van der Waals surface area contributed by atoms with Crippen LogP contribution >= 0.6 is 11.6 Å². The Bertz CT molecular complexity index is 778. The Balaban J connectivity index is 2.29. The molecular formula is C13H14ClN3O3S. The first-order valence-corrected chi connectivity index (χ1v) is 7.76. The third-order valence-corrected chi connectivity index (χ3v) is 4.04. The van der Waals surface area contributed by atoms with Gasteiger partial charge in [0.25, 0.3) is 0 Å². The van der Waals surface area contributed by atoms with Crippen molar-refractivity contribution in [2.45, 2.75) is 4.90 Å². The largest absolute Gasteiger partial charge is 0.495 e. The van der Waals surface area contributed by atoms with Gasteiger partial charge in [-0.15, -0.1) is 0 Å². The third kappa shape index (κ3) is 3.57. The molecule has 0 amide bonds. The van der Waals surface area contributed by atoms with Crippen molar-refractivity contribution in [1.29, 1.82) is 0 Å². The molecule has 0 atom stereocenters. The molecule has 0 saturated carbocycles. The number of benzene rings is 2. The molecule has 8 heteroatoms. The summed E-state index contributed by atoms with van der Waals surface area (Å²) in [6.07, 6.45) is 0.